The van der Waals surface area contributed by atoms with Gasteiger partial charge in [-0.25, -0.2) is 0 Å². The molecule has 3 aromatic rings. The maximum absolute atomic E-state index is 13.0. The van der Waals surface area contributed by atoms with Crippen molar-refractivity contribution in [2.45, 2.75) is 44.6 Å². The largest absolute Gasteiger partial charge is 0.348 e. The second-order valence-corrected chi connectivity index (χ2v) is 8.16. The first kappa shape index (κ1) is 19.3. The van der Waals surface area contributed by atoms with Gasteiger partial charge in [-0.05, 0) is 42.9 Å². The van der Waals surface area contributed by atoms with Gasteiger partial charge in [0, 0.05) is 49.2 Å². The molecule has 6 nitrogen and oxygen atoms in total. The van der Waals surface area contributed by atoms with Crippen molar-refractivity contribution in [2.24, 2.45) is 20.0 Å². The van der Waals surface area contributed by atoms with Crippen LogP contribution in [0.1, 0.15) is 49.0 Å². The maximum Gasteiger partial charge on any atom is 0.268 e. The van der Waals surface area contributed by atoms with Gasteiger partial charge in [-0.1, -0.05) is 25.0 Å². The summed E-state index contributed by atoms with van der Waals surface area (Å²) in [4.78, 5) is 13.0. The maximum atomic E-state index is 13.0. The smallest absolute Gasteiger partial charge is 0.268 e. The SMILES string of the molecule is Cn1cc(-c2ccc3cc(C(=O)N[C@@H]4CCCC(CCC#N)C4)n(C)c3c2)cn1. The zero-order valence-electron chi connectivity index (χ0n) is 17.1. The topological polar surface area (TPSA) is 75.6 Å². The first-order valence-corrected chi connectivity index (χ1v) is 10.3. The number of amides is 1. The number of nitrogens with one attached hydrogen (secondary N) is 1. The van der Waals surface area contributed by atoms with E-state index in [1.807, 2.05) is 37.1 Å². The van der Waals surface area contributed by atoms with Crippen molar-refractivity contribution in [2.75, 3.05) is 0 Å². The number of nitriles is 1. The second-order valence-electron chi connectivity index (χ2n) is 8.16. The molecule has 1 aliphatic carbocycles. The fraction of sp³-hybridized carbons (Fsp3) is 0.435. The van der Waals surface area contributed by atoms with Gasteiger partial charge in [0.15, 0.2) is 0 Å². The van der Waals surface area contributed by atoms with Crippen LogP contribution in [0.4, 0.5) is 0 Å². The lowest BCUT2D eigenvalue weighted by atomic mass is 9.83. The molecule has 1 unspecified atom stereocenters. The van der Waals surface area contributed by atoms with Gasteiger partial charge >= 0.3 is 0 Å². The summed E-state index contributed by atoms with van der Waals surface area (Å²) >= 11 is 0. The van der Waals surface area contributed by atoms with Crippen LogP contribution in [0.25, 0.3) is 22.0 Å². The van der Waals surface area contributed by atoms with E-state index in [4.69, 9.17) is 5.26 Å². The Kier molecular flexibility index (Phi) is 5.39. The predicted molar refractivity (Wildman–Crippen MR) is 113 cm³/mol. The molecule has 0 aliphatic heterocycles. The van der Waals surface area contributed by atoms with Gasteiger partial charge in [-0.15, -0.1) is 0 Å². The normalized spacial score (nSPS) is 19.2. The zero-order valence-corrected chi connectivity index (χ0v) is 17.1. The Morgan fingerprint density at radius 1 is 1.28 bits per heavy atom. The number of hydrogen-bond donors (Lipinski definition) is 1. The van der Waals surface area contributed by atoms with Gasteiger partial charge < -0.3 is 9.88 Å². The molecule has 1 aliphatic rings. The third-order valence-electron chi connectivity index (χ3n) is 6.10. The summed E-state index contributed by atoms with van der Waals surface area (Å²) in [5, 5.41) is 17.4. The number of fused-ring (bicyclic) bond motifs is 1. The van der Waals surface area contributed by atoms with Gasteiger partial charge in [0.2, 0.25) is 0 Å². The minimum atomic E-state index is -0.0161. The summed E-state index contributed by atoms with van der Waals surface area (Å²) < 4.78 is 3.76. The van der Waals surface area contributed by atoms with E-state index in [0.29, 0.717) is 18.0 Å². The molecule has 1 aromatic carbocycles. The average molecular weight is 390 g/mol. The second kappa shape index (κ2) is 8.12. The van der Waals surface area contributed by atoms with Gasteiger partial charge in [0.05, 0.1) is 12.3 Å². The fourth-order valence-corrected chi connectivity index (χ4v) is 4.51. The molecule has 2 aromatic heterocycles. The molecule has 150 valence electrons. The highest BCUT2D eigenvalue weighted by atomic mass is 16.2. The van der Waals surface area contributed by atoms with Crippen LogP contribution in [0.5, 0.6) is 0 Å². The summed E-state index contributed by atoms with van der Waals surface area (Å²) in [5.41, 5.74) is 3.87. The highest BCUT2D eigenvalue weighted by Gasteiger charge is 2.24. The molecular weight excluding hydrogens is 362 g/mol. The van der Waals surface area contributed by atoms with Crippen LogP contribution in [0.3, 0.4) is 0 Å². The van der Waals surface area contributed by atoms with E-state index < -0.39 is 0 Å². The van der Waals surface area contributed by atoms with Gasteiger partial charge in [0.1, 0.15) is 5.69 Å². The molecule has 1 amide bonds. The molecule has 0 saturated heterocycles. The number of nitrogens with zero attached hydrogens (tertiary/aromatic N) is 4. The third-order valence-corrected chi connectivity index (χ3v) is 6.10. The van der Waals surface area contributed by atoms with Gasteiger partial charge in [0.25, 0.3) is 5.91 Å². The van der Waals surface area contributed by atoms with Crippen molar-refractivity contribution in [1.82, 2.24) is 19.7 Å². The number of benzene rings is 1. The lowest BCUT2D eigenvalue weighted by Crippen LogP contribution is -2.39. The highest BCUT2D eigenvalue weighted by Crippen LogP contribution is 2.29. The number of aryl methyl sites for hydroxylation is 2. The van der Waals surface area contributed by atoms with Crippen molar-refractivity contribution in [1.29, 1.82) is 5.26 Å². The summed E-state index contributed by atoms with van der Waals surface area (Å²) in [6, 6.07) is 10.7. The van der Waals surface area contributed by atoms with Crippen LogP contribution in [0, 0.1) is 17.2 Å². The summed E-state index contributed by atoms with van der Waals surface area (Å²) in [5.74, 6) is 0.529. The van der Waals surface area contributed by atoms with Crippen molar-refractivity contribution in [3.8, 4) is 17.2 Å². The number of carbonyl (C=O) groups is 1. The minimum absolute atomic E-state index is 0.0161. The van der Waals surface area contributed by atoms with E-state index in [0.717, 1.165) is 47.7 Å². The van der Waals surface area contributed by atoms with E-state index in [1.165, 1.54) is 6.42 Å². The van der Waals surface area contributed by atoms with E-state index in [9.17, 15) is 4.79 Å². The Labute approximate surface area is 171 Å². The monoisotopic (exact) mass is 389 g/mol. The van der Waals surface area contributed by atoms with E-state index in [-0.39, 0.29) is 11.9 Å². The first-order valence-electron chi connectivity index (χ1n) is 10.3. The van der Waals surface area contributed by atoms with E-state index in [2.05, 4.69) is 34.7 Å². The zero-order chi connectivity index (χ0) is 20.4. The fourth-order valence-electron chi connectivity index (χ4n) is 4.51. The average Bonchev–Trinajstić information content (AvgIpc) is 3.30. The molecule has 1 fully saturated rings. The Balaban J connectivity index is 1.52. The molecule has 2 atom stereocenters. The lowest BCUT2D eigenvalue weighted by Gasteiger charge is -2.29. The Hall–Kier alpha value is -3.07. The molecule has 1 N–H and O–H groups in total. The molecule has 4 rings (SSSR count). The van der Waals surface area contributed by atoms with Gasteiger partial charge in [-0.3, -0.25) is 9.48 Å². The number of aromatic nitrogens is 3. The molecular formula is C23H27N5O. The number of carbonyl (C=O) groups excluding carboxylic acids is 1. The molecule has 0 radical (unpaired) electrons. The van der Waals surface area contributed by atoms with Crippen LogP contribution in [0.15, 0.2) is 36.7 Å². The summed E-state index contributed by atoms with van der Waals surface area (Å²) in [6.45, 7) is 0. The lowest BCUT2D eigenvalue weighted by molar-refractivity contribution is 0.0911. The van der Waals surface area contributed by atoms with Crippen LogP contribution in [-0.2, 0) is 14.1 Å². The molecule has 0 spiro atoms. The molecule has 29 heavy (non-hydrogen) atoms. The quantitative estimate of drug-likeness (QED) is 0.711. The van der Waals surface area contributed by atoms with Crippen LogP contribution in [0.2, 0.25) is 0 Å². The molecule has 2 heterocycles. The number of hydrogen-bond acceptors (Lipinski definition) is 3. The molecule has 1 saturated carbocycles. The van der Waals surface area contributed by atoms with Crippen LogP contribution in [-0.4, -0.2) is 26.3 Å². The summed E-state index contributed by atoms with van der Waals surface area (Å²) in [7, 11) is 3.85. The molecule has 0 bridgehead atoms. The number of rotatable bonds is 5. The van der Waals surface area contributed by atoms with Crippen molar-refractivity contribution < 1.29 is 4.79 Å². The van der Waals surface area contributed by atoms with Crippen LogP contribution < -0.4 is 5.32 Å². The minimum Gasteiger partial charge on any atom is -0.348 e. The molecule has 6 heteroatoms. The Bertz CT molecular complexity index is 1070. The Morgan fingerprint density at radius 2 is 2.14 bits per heavy atom. The third kappa shape index (κ3) is 4.04. The Morgan fingerprint density at radius 3 is 2.90 bits per heavy atom. The van der Waals surface area contributed by atoms with Crippen molar-refractivity contribution >= 4 is 16.8 Å². The predicted octanol–water partition coefficient (Wildman–Crippen LogP) is 4.17. The van der Waals surface area contributed by atoms with Gasteiger partial charge in [-0.2, -0.15) is 10.4 Å². The van der Waals surface area contributed by atoms with E-state index in [1.54, 1.807) is 4.68 Å². The standard InChI is InChI=1S/C23H27N5O/c1-27-15-19(14-25-27)17-8-9-18-13-22(28(2)21(18)12-17)23(29)26-20-7-3-5-16(11-20)6-4-10-24/h8-9,12-16,20H,3-7,11H2,1-2H3,(H,26,29)/t16?,20-/m1/s1. The highest BCUT2D eigenvalue weighted by molar-refractivity contribution is 5.99. The van der Waals surface area contributed by atoms with Crippen molar-refractivity contribution in [3.63, 3.8) is 0 Å². The van der Waals surface area contributed by atoms with Crippen LogP contribution >= 0.6 is 0 Å². The summed E-state index contributed by atoms with van der Waals surface area (Å²) in [6.07, 6.45) is 9.66. The first-order chi connectivity index (χ1) is 14.0. The van der Waals surface area contributed by atoms with Crippen molar-refractivity contribution in [3.05, 3.63) is 42.4 Å². The van der Waals surface area contributed by atoms with E-state index >= 15 is 0 Å².